The molecule has 0 atom stereocenters. The summed E-state index contributed by atoms with van der Waals surface area (Å²) in [5.41, 5.74) is 1.37. The molecular formula is C22H36N4O4S. The van der Waals surface area contributed by atoms with Crippen LogP contribution in [0.1, 0.15) is 20.8 Å². The van der Waals surface area contributed by atoms with E-state index in [2.05, 4.69) is 40.8 Å². The molecule has 0 aliphatic carbocycles. The third-order valence-electron chi connectivity index (χ3n) is 4.80. The lowest BCUT2D eigenvalue weighted by molar-refractivity contribution is -0.137. The van der Waals surface area contributed by atoms with E-state index in [9.17, 15) is 4.79 Å². The SMILES string of the molecule is CC(C)(C)OC(=O)N1CCN(c2cnc3c(ccn3COCCS(C)(C)C)c2)CCO1. The van der Waals surface area contributed by atoms with Gasteiger partial charge in [0.15, 0.2) is 0 Å². The fraction of sp³-hybridized carbons (Fsp3) is 0.636. The van der Waals surface area contributed by atoms with Crippen LogP contribution in [-0.4, -0.2) is 83.7 Å². The number of hydrogen-bond donors (Lipinski definition) is 0. The van der Waals surface area contributed by atoms with Crippen LogP contribution in [0.3, 0.4) is 0 Å². The van der Waals surface area contributed by atoms with Crippen molar-refractivity contribution in [2.75, 3.05) is 62.3 Å². The molecule has 8 nitrogen and oxygen atoms in total. The lowest BCUT2D eigenvalue weighted by Gasteiger charge is -2.25. The second kappa shape index (κ2) is 9.67. The number of fused-ring (bicyclic) bond motifs is 1. The molecule has 1 amide bonds. The van der Waals surface area contributed by atoms with Crippen LogP contribution in [0.5, 0.6) is 0 Å². The minimum Gasteiger partial charge on any atom is -0.442 e. The van der Waals surface area contributed by atoms with Crippen LogP contribution in [-0.2, 0) is 21.0 Å². The number of rotatable bonds is 6. The number of carbonyl (C=O) groups is 1. The third kappa shape index (κ3) is 7.02. The zero-order valence-corrected chi connectivity index (χ0v) is 20.4. The maximum atomic E-state index is 12.3. The fourth-order valence-electron chi connectivity index (χ4n) is 3.18. The van der Waals surface area contributed by atoms with E-state index in [1.807, 2.05) is 37.7 Å². The summed E-state index contributed by atoms with van der Waals surface area (Å²) in [7, 11) is -0.545. The minimum atomic E-state index is -0.549. The number of hydroxylamine groups is 2. The maximum absolute atomic E-state index is 12.3. The Kier molecular flexibility index (Phi) is 7.39. The lowest BCUT2D eigenvalue weighted by Crippen LogP contribution is -2.38. The molecule has 9 heteroatoms. The maximum Gasteiger partial charge on any atom is 0.434 e. The second-order valence-electron chi connectivity index (χ2n) is 9.63. The summed E-state index contributed by atoms with van der Waals surface area (Å²) < 4.78 is 13.3. The Balaban J connectivity index is 1.60. The number of carbonyl (C=O) groups excluding carboxylic acids is 1. The van der Waals surface area contributed by atoms with Crippen molar-refractivity contribution in [3.63, 3.8) is 0 Å². The molecule has 3 heterocycles. The Labute approximate surface area is 186 Å². The van der Waals surface area contributed by atoms with Crippen molar-refractivity contribution in [2.45, 2.75) is 33.1 Å². The van der Waals surface area contributed by atoms with Gasteiger partial charge >= 0.3 is 6.09 Å². The van der Waals surface area contributed by atoms with Gasteiger partial charge in [0, 0.05) is 30.4 Å². The third-order valence-corrected chi connectivity index (χ3v) is 6.19. The summed E-state index contributed by atoms with van der Waals surface area (Å²) in [4.78, 5) is 24.7. The average molecular weight is 453 g/mol. The molecule has 0 radical (unpaired) electrons. The van der Waals surface area contributed by atoms with Crippen molar-refractivity contribution in [1.29, 1.82) is 0 Å². The first-order chi connectivity index (χ1) is 14.5. The number of nitrogens with zero attached hydrogens (tertiary/aromatic N) is 4. The Morgan fingerprint density at radius 1 is 1.23 bits per heavy atom. The molecule has 0 saturated carbocycles. The van der Waals surface area contributed by atoms with E-state index in [-0.39, 0.29) is 0 Å². The topological polar surface area (TPSA) is 69.1 Å². The standard InChI is InChI=1S/C22H36N4O4S/c1-22(2,3)30-21(27)26-10-9-24(11-12-29-26)19-15-18-7-8-25(20(18)23-16-19)17-28-13-14-31(4,5)6/h7-8,15-16H,9-14,17H2,1-6H3. The summed E-state index contributed by atoms with van der Waals surface area (Å²) in [5, 5.41) is 2.38. The van der Waals surface area contributed by atoms with Crippen molar-refractivity contribution in [2.24, 2.45) is 0 Å². The number of ether oxygens (including phenoxy) is 2. The summed E-state index contributed by atoms with van der Waals surface area (Å²) in [6.45, 7) is 8.96. The summed E-state index contributed by atoms with van der Waals surface area (Å²) in [5.74, 6) is 1.10. The van der Waals surface area contributed by atoms with Gasteiger partial charge < -0.3 is 18.9 Å². The smallest absolute Gasteiger partial charge is 0.434 e. The quantitative estimate of drug-likeness (QED) is 0.623. The van der Waals surface area contributed by atoms with Crippen LogP contribution in [0.4, 0.5) is 10.5 Å². The predicted octanol–water partition coefficient (Wildman–Crippen LogP) is 3.69. The molecule has 0 N–H and O–H groups in total. The summed E-state index contributed by atoms with van der Waals surface area (Å²) in [6, 6.07) is 4.19. The molecule has 1 aliphatic rings. The number of amides is 1. The van der Waals surface area contributed by atoms with Gasteiger partial charge in [0.05, 0.1) is 31.6 Å². The molecule has 0 aromatic carbocycles. The van der Waals surface area contributed by atoms with Gasteiger partial charge in [-0.1, -0.05) is 0 Å². The van der Waals surface area contributed by atoms with E-state index in [1.54, 1.807) is 0 Å². The number of anilines is 1. The lowest BCUT2D eigenvalue weighted by atomic mass is 10.2. The van der Waals surface area contributed by atoms with E-state index in [0.29, 0.717) is 33.0 Å². The van der Waals surface area contributed by atoms with Crippen LogP contribution in [0.25, 0.3) is 11.0 Å². The molecular weight excluding hydrogens is 416 g/mol. The van der Waals surface area contributed by atoms with Gasteiger partial charge in [-0.2, -0.15) is 5.06 Å². The van der Waals surface area contributed by atoms with E-state index in [1.165, 1.54) is 5.06 Å². The van der Waals surface area contributed by atoms with Crippen LogP contribution in [0.2, 0.25) is 0 Å². The molecule has 3 rings (SSSR count). The van der Waals surface area contributed by atoms with Crippen molar-refractivity contribution < 1.29 is 19.1 Å². The zero-order chi connectivity index (χ0) is 22.6. The average Bonchev–Trinajstić information content (AvgIpc) is 2.89. The Hall–Kier alpha value is -1.97. The molecule has 1 fully saturated rings. The van der Waals surface area contributed by atoms with Crippen molar-refractivity contribution in [3.05, 3.63) is 24.5 Å². The van der Waals surface area contributed by atoms with Crippen molar-refractivity contribution in [1.82, 2.24) is 14.6 Å². The summed E-state index contributed by atoms with van der Waals surface area (Å²) in [6.07, 6.45) is 10.3. The van der Waals surface area contributed by atoms with Crippen LogP contribution >= 0.6 is 10.0 Å². The minimum absolute atomic E-state index is 0.405. The molecule has 1 saturated heterocycles. The van der Waals surface area contributed by atoms with Gasteiger partial charge in [0.25, 0.3) is 0 Å². The first-order valence-corrected chi connectivity index (χ1v) is 13.6. The normalized spacial score (nSPS) is 16.5. The second-order valence-corrected chi connectivity index (χ2v) is 14.2. The van der Waals surface area contributed by atoms with Gasteiger partial charge in [-0.25, -0.2) is 19.8 Å². The van der Waals surface area contributed by atoms with E-state index >= 15 is 0 Å². The van der Waals surface area contributed by atoms with Crippen molar-refractivity contribution >= 4 is 32.8 Å². The van der Waals surface area contributed by atoms with E-state index < -0.39 is 21.7 Å². The number of hydrogen-bond acceptors (Lipinski definition) is 6. The van der Waals surface area contributed by atoms with Gasteiger partial charge in [-0.3, -0.25) is 4.84 Å². The molecule has 2 aromatic rings. The molecule has 0 unspecified atom stereocenters. The van der Waals surface area contributed by atoms with E-state index in [4.69, 9.17) is 14.3 Å². The highest BCUT2D eigenvalue weighted by Gasteiger charge is 2.26. The number of aromatic nitrogens is 2. The zero-order valence-electron chi connectivity index (χ0n) is 19.6. The van der Waals surface area contributed by atoms with Gasteiger partial charge in [-0.15, -0.1) is 0 Å². The molecule has 2 aromatic heterocycles. The molecule has 0 spiro atoms. The van der Waals surface area contributed by atoms with E-state index in [0.717, 1.165) is 29.1 Å². The van der Waals surface area contributed by atoms with Crippen LogP contribution < -0.4 is 4.90 Å². The van der Waals surface area contributed by atoms with Gasteiger partial charge in [0.2, 0.25) is 0 Å². The first-order valence-electron chi connectivity index (χ1n) is 10.6. The Bertz CT molecular complexity index is 888. The molecule has 0 bridgehead atoms. The first kappa shape index (κ1) is 23.7. The van der Waals surface area contributed by atoms with Gasteiger partial charge in [0.1, 0.15) is 18.0 Å². The Morgan fingerprint density at radius 2 is 2.00 bits per heavy atom. The van der Waals surface area contributed by atoms with Gasteiger partial charge in [-0.05, 0) is 51.7 Å². The highest BCUT2D eigenvalue weighted by atomic mass is 32.3. The van der Waals surface area contributed by atoms with Crippen molar-refractivity contribution in [3.8, 4) is 0 Å². The summed E-state index contributed by atoms with van der Waals surface area (Å²) >= 11 is 0. The highest BCUT2D eigenvalue weighted by Crippen LogP contribution is 2.33. The monoisotopic (exact) mass is 452 g/mol. The predicted molar refractivity (Wildman–Crippen MR) is 127 cm³/mol. The van der Waals surface area contributed by atoms with Crippen LogP contribution in [0.15, 0.2) is 24.5 Å². The molecule has 1 aliphatic heterocycles. The number of pyridine rings is 1. The highest BCUT2D eigenvalue weighted by molar-refractivity contribution is 8.32. The molecule has 174 valence electrons. The molecule has 31 heavy (non-hydrogen) atoms. The van der Waals surface area contributed by atoms with Crippen LogP contribution in [0, 0.1) is 0 Å². The fourth-order valence-corrected chi connectivity index (χ4v) is 3.80. The largest absolute Gasteiger partial charge is 0.442 e. The Morgan fingerprint density at radius 3 is 2.71 bits per heavy atom.